The highest BCUT2D eigenvalue weighted by molar-refractivity contribution is 4.82. The van der Waals surface area contributed by atoms with Crippen LogP contribution in [0.4, 0.5) is 13.2 Å². The minimum atomic E-state index is -4.04. The van der Waals surface area contributed by atoms with Gasteiger partial charge in [0.1, 0.15) is 0 Å². The highest BCUT2D eigenvalue weighted by atomic mass is 19.4. The largest absolute Gasteiger partial charge is 0.390 e. The Morgan fingerprint density at radius 2 is 1.83 bits per heavy atom. The van der Waals surface area contributed by atoms with Gasteiger partial charge in [0.25, 0.3) is 0 Å². The molecule has 0 bridgehead atoms. The van der Waals surface area contributed by atoms with Crippen molar-refractivity contribution in [2.24, 2.45) is 0 Å². The van der Waals surface area contributed by atoms with Gasteiger partial charge in [0, 0.05) is 24.7 Å². The average Bonchev–Trinajstić information content (AvgIpc) is 2.22. The van der Waals surface area contributed by atoms with Gasteiger partial charge in [0.2, 0.25) is 0 Å². The molecule has 1 aliphatic heterocycles. The van der Waals surface area contributed by atoms with E-state index in [0.717, 1.165) is 32.4 Å². The first-order chi connectivity index (χ1) is 8.17. The zero-order valence-corrected chi connectivity index (χ0v) is 11.6. The Morgan fingerprint density at radius 3 is 2.39 bits per heavy atom. The van der Waals surface area contributed by atoms with Gasteiger partial charge in [0.15, 0.2) is 0 Å². The van der Waals surface area contributed by atoms with Crippen LogP contribution in [0.1, 0.15) is 46.5 Å². The third-order valence-electron chi connectivity index (χ3n) is 3.30. The molecule has 0 aromatic heterocycles. The Kier molecular flexibility index (Phi) is 5.46. The summed E-state index contributed by atoms with van der Waals surface area (Å²) < 4.78 is 36.8. The summed E-state index contributed by atoms with van der Waals surface area (Å²) in [6.07, 6.45) is -1.59. The van der Waals surface area contributed by atoms with Crippen molar-refractivity contribution in [1.29, 1.82) is 0 Å². The van der Waals surface area contributed by atoms with Crippen LogP contribution in [-0.4, -0.2) is 42.3 Å². The van der Waals surface area contributed by atoms with Crippen LogP contribution in [0.25, 0.3) is 0 Å². The number of rotatable bonds is 4. The first-order valence-electron chi connectivity index (χ1n) is 6.73. The maximum Gasteiger partial charge on any atom is 0.390 e. The van der Waals surface area contributed by atoms with Crippen LogP contribution in [-0.2, 0) is 0 Å². The number of hydrogen-bond acceptors (Lipinski definition) is 2. The summed E-state index contributed by atoms with van der Waals surface area (Å²) in [6, 6.07) is 0.250. The molecule has 1 aliphatic rings. The smallest absolute Gasteiger partial charge is 0.311 e. The van der Waals surface area contributed by atoms with Crippen LogP contribution in [0.2, 0.25) is 0 Å². The molecule has 0 spiro atoms. The molecule has 1 fully saturated rings. The van der Waals surface area contributed by atoms with E-state index in [-0.39, 0.29) is 18.1 Å². The lowest BCUT2D eigenvalue weighted by molar-refractivity contribution is -0.139. The molecule has 5 heteroatoms. The number of nitrogens with zero attached hydrogens (tertiary/aromatic N) is 1. The van der Waals surface area contributed by atoms with E-state index in [1.807, 2.05) is 4.90 Å². The van der Waals surface area contributed by atoms with Gasteiger partial charge in [0.05, 0.1) is 6.42 Å². The number of piperidine rings is 1. The summed E-state index contributed by atoms with van der Waals surface area (Å²) in [4.78, 5) is 2.00. The molecule has 0 aromatic rings. The van der Waals surface area contributed by atoms with Gasteiger partial charge in [-0.05, 0) is 40.2 Å². The van der Waals surface area contributed by atoms with Crippen LogP contribution < -0.4 is 5.32 Å². The van der Waals surface area contributed by atoms with Crippen LogP contribution in [0, 0.1) is 0 Å². The summed E-state index contributed by atoms with van der Waals surface area (Å²) in [5.41, 5.74) is 0.0210. The van der Waals surface area contributed by atoms with E-state index in [9.17, 15) is 13.2 Å². The molecule has 2 nitrogen and oxygen atoms in total. The minimum Gasteiger partial charge on any atom is -0.311 e. The normalized spacial score (nSPS) is 23.3. The van der Waals surface area contributed by atoms with E-state index >= 15 is 0 Å². The van der Waals surface area contributed by atoms with Crippen molar-refractivity contribution in [2.45, 2.75) is 64.2 Å². The quantitative estimate of drug-likeness (QED) is 0.840. The third-order valence-corrected chi connectivity index (χ3v) is 3.30. The van der Waals surface area contributed by atoms with E-state index < -0.39 is 12.6 Å². The Bertz CT molecular complexity index is 220. The van der Waals surface area contributed by atoms with E-state index in [1.54, 1.807) is 0 Å². The molecule has 0 saturated carbocycles. The van der Waals surface area contributed by atoms with Gasteiger partial charge in [-0.3, -0.25) is 4.90 Å². The first kappa shape index (κ1) is 15.8. The minimum absolute atomic E-state index is 0.0210. The summed E-state index contributed by atoms with van der Waals surface area (Å²) in [5.74, 6) is 0. The summed E-state index contributed by atoms with van der Waals surface area (Å²) in [7, 11) is 0. The molecule has 1 atom stereocenters. The molecule has 1 heterocycles. The highest BCUT2D eigenvalue weighted by Crippen LogP contribution is 2.23. The SMILES string of the molecule is CC(C)(C)NCC1CCCCN1CCC(F)(F)F. The Morgan fingerprint density at radius 1 is 1.17 bits per heavy atom. The summed E-state index contributed by atoms with van der Waals surface area (Å²) >= 11 is 0. The number of halogens is 3. The molecular weight excluding hydrogens is 241 g/mol. The first-order valence-corrected chi connectivity index (χ1v) is 6.73. The molecule has 0 amide bonds. The van der Waals surface area contributed by atoms with E-state index in [0.29, 0.717) is 0 Å². The molecule has 1 rings (SSSR count). The fraction of sp³-hybridized carbons (Fsp3) is 1.00. The highest BCUT2D eigenvalue weighted by Gasteiger charge is 2.30. The van der Waals surface area contributed by atoms with Gasteiger partial charge in [-0.25, -0.2) is 0 Å². The summed E-state index contributed by atoms with van der Waals surface area (Å²) in [6.45, 7) is 7.95. The lowest BCUT2D eigenvalue weighted by atomic mass is 10.00. The van der Waals surface area contributed by atoms with E-state index in [2.05, 4.69) is 26.1 Å². The monoisotopic (exact) mass is 266 g/mol. The Labute approximate surface area is 108 Å². The van der Waals surface area contributed by atoms with Crippen molar-refractivity contribution < 1.29 is 13.2 Å². The van der Waals surface area contributed by atoms with Gasteiger partial charge < -0.3 is 5.32 Å². The zero-order chi connectivity index (χ0) is 13.8. The number of alkyl halides is 3. The fourth-order valence-corrected chi connectivity index (χ4v) is 2.28. The van der Waals surface area contributed by atoms with Crippen molar-refractivity contribution >= 4 is 0 Å². The maximum atomic E-state index is 12.3. The molecule has 18 heavy (non-hydrogen) atoms. The van der Waals surface area contributed by atoms with E-state index in [4.69, 9.17) is 0 Å². The molecule has 0 radical (unpaired) electrons. The Balaban J connectivity index is 2.42. The molecular formula is C13H25F3N2. The van der Waals surface area contributed by atoms with Crippen molar-refractivity contribution in [3.63, 3.8) is 0 Å². The average molecular weight is 266 g/mol. The maximum absolute atomic E-state index is 12.3. The molecule has 1 saturated heterocycles. The zero-order valence-electron chi connectivity index (χ0n) is 11.6. The van der Waals surface area contributed by atoms with E-state index in [1.165, 1.54) is 0 Å². The van der Waals surface area contributed by atoms with Crippen molar-refractivity contribution in [1.82, 2.24) is 10.2 Å². The van der Waals surface area contributed by atoms with Crippen molar-refractivity contribution in [3.05, 3.63) is 0 Å². The predicted molar refractivity (Wildman–Crippen MR) is 67.6 cm³/mol. The van der Waals surface area contributed by atoms with Gasteiger partial charge in [-0.15, -0.1) is 0 Å². The molecule has 1 unspecified atom stereocenters. The molecule has 1 N–H and O–H groups in total. The third kappa shape index (κ3) is 6.59. The topological polar surface area (TPSA) is 15.3 Å². The second kappa shape index (κ2) is 6.24. The summed E-state index contributed by atoms with van der Waals surface area (Å²) in [5, 5.41) is 3.40. The van der Waals surface area contributed by atoms with Crippen molar-refractivity contribution in [3.8, 4) is 0 Å². The van der Waals surface area contributed by atoms with Crippen molar-refractivity contribution in [2.75, 3.05) is 19.6 Å². The Hall–Kier alpha value is -0.290. The van der Waals surface area contributed by atoms with Crippen LogP contribution in [0.3, 0.4) is 0 Å². The van der Waals surface area contributed by atoms with Gasteiger partial charge >= 0.3 is 6.18 Å². The second-order valence-electron chi connectivity index (χ2n) is 6.18. The van der Waals surface area contributed by atoms with Crippen LogP contribution in [0.5, 0.6) is 0 Å². The van der Waals surface area contributed by atoms with Gasteiger partial charge in [-0.2, -0.15) is 13.2 Å². The van der Waals surface area contributed by atoms with Crippen LogP contribution in [0.15, 0.2) is 0 Å². The lowest BCUT2D eigenvalue weighted by Gasteiger charge is -2.37. The molecule has 0 aromatic carbocycles. The predicted octanol–water partition coefficient (Wildman–Crippen LogP) is 3.18. The fourth-order valence-electron chi connectivity index (χ4n) is 2.28. The molecule has 108 valence electrons. The van der Waals surface area contributed by atoms with Gasteiger partial charge in [-0.1, -0.05) is 6.42 Å². The number of likely N-dealkylation sites (tertiary alicyclic amines) is 1. The lowest BCUT2D eigenvalue weighted by Crippen LogP contribution is -2.50. The standard InChI is InChI=1S/C13H25F3N2/c1-12(2,3)17-10-11-6-4-5-8-18(11)9-7-13(14,15)16/h11,17H,4-10H2,1-3H3. The number of hydrogen-bond donors (Lipinski definition) is 1. The molecule has 0 aliphatic carbocycles. The second-order valence-corrected chi connectivity index (χ2v) is 6.18. The number of nitrogens with one attached hydrogen (secondary N) is 1. The van der Waals surface area contributed by atoms with Crippen LogP contribution >= 0.6 is 0 Å².